The number of esters is 1. The highest BCUT2D eigenvalue weighted by Crippen LogP contribution is 2.24. The fourth-order valence-electron chi connectivity index (χ4n) is 1.30. The number of ether oxygens (including phenoxy) is 1. The van der Waals surface area contributed by atoms with E-state index in [4.69, 9.17) is 16.9 Å². The number of hydrogen-bond donors (Lipinski definition) is 0. The van der Waals surface area contributed by atoms with E-state index in [9.17, 15) is 9.59 Å². The number of carbonyl (C=O) groups is 2. The topological polar surface area (TPSA) is 67.2 Å². The van der Waals surface area contributed by atoms with Gasteiger partial charge < -0.3 is 4.74 Å². The summed E-state index contributed by atoms with van der Waals surface area (Å²) in [6, 6.07) is 8.17. The van der Waals surface area contributed by atoms with Crippen molar-refractivity contribution < 1.29 is 14.3 Å². The number of nitriles is 1. The van der Waals surface area contributed by atoms with Crippen molar-refractivity contribution >= 4 is 23.4 Å². The summed E-state index contributed by atoms with van der Waals surface area (Å²) in [7, 11) is 0. The lowest BCUT2D eigenvalue weighted by molar-refractivity contribution is -0.153. The van der Waals surface area contributed by atoms with Gasteiger partial charge in [-0.25, -0.2) is 4.79 Å². The number of benzene rings is 1. The van der Waals surface area contributed by atoms with Gasteiger partial charge in [-0.05, 0) is 18.6 Å². The molecule has 0 saturated carbocycles. The fraction of sp³-hybridized carbons (Fsp3) is 0.250. The van der Waals surface area contributed by atoms with Crippen molar-refractivity contribution in [3.05, 3.63) is 34.9 Å². The Kier molecular flexibility index (Phi) is 4.68. The van der Waals surface area contributed by atoms with Crippen LogP contribution in [0.3, 0.4) is 0 Å². The molecule has 1 rings (SSSR count). The van der Waals surface area contributed by atoms with Crippen molar-refractivity contribution in [2.24, 2.45) is 0 Å². The van der Waals surface area contributed by atoms with E-state index in [0.29, 0.717) is 5.56 Å². The number of carbonyl (C=O) groups excluding carboxylic acids is 2. The Morgan fingerprint density at radius 2 is 2.12 bits per heavy atom. The van der Waals surface area contributed by atoms with Gasteiger partial charge >= 0.3 is 5.97 Å². The zero-order valence-electron chi connectivity index (χ0n) is 9.14. The lowest BCUT2D eigenvalue weighted by atomic mass is 9.96. The molecule has 0 aromatic heterocycles. The van der Waals surface area contributed by atoms with Crippen molar-refractivity contribution in [1.82, 2.24) is 0 Å². The summed E-state index contributed by atoms with van der Waals surface area (Å²) in [6.07, 6.45) is 0. The molecule has 1 aromatic carbocycles. The second-order valence-electron chi connectivity index (χ2n) is 3.17. The van der Waals surface area contributed by atoms with Crippen LogP contribution in [-0.2, 0) is 14.3 Å². The van der Waals surface area contributed by atoms with Gasteiger partial charge in [0.1, 0.15) is 5.92 Å². The van der Waals surface area contributed by atoms with E-state index in [2.05, 4.69) is 4.74 Å². The zero-order chi connectivity index (χ0) is 12.8. The minimum atomic E-state index is -1.22. The first-order chi connectivity index (χ1) is 8.11. The summed E-state index contributed by atoms with van der Waals surface area (Å²) in [5.41, 5.74) is 0.315. The SMILES string of the molecule is CCOC(=O)C(=O)C(C#N)c1ccccc1Cl. The third kappa shape index (κ3) is 3.05. The summed E-state index contributed by atoms with van der Waals surface area (Å²) in [4.78, 5) is 22.9. The first-order valence-corrected chi connectivity index (χ1v) is 5.34. The maximum atomic E-state index is 11.7. The molecule has 0 aliphatic rings. The van der Waals surface area contributed by atoms with E-state index in [1.165, 1.54) is 6.07 Å². The summed E-state index contributed by atoms with van der Waals surface area (Å²) in [6.45, 7) is 1.67. The van der Waals surface area contributed by atoms with Crippen LogP contribution in [0.15, 0.2) is 24.3 Å². The highest BCUT2D eigenvalue weighted by molar-refractivity contribution is 6.38. The van der Waals surface area contributed by atoms with Gasteiger partial charge in [0.15, 0.2) is 0 Å². The van der Waals surface area contributed by atoms with E-state index in [0.717, 1.165) is 0 Å². The van der Waals surface area contributed by atoms with Crippen molar-refractivity contribution in [1.29, 1.82) is 5.26 Å². The second-order valence-corrected chi connectivity index (χ2v) is 3.58. The molecule has 88 valence electrons. The molecule has 0 radical (unpaired) electrons. The molecule has 17 heavy (non-hydrogen) atoms. The summed E-state index contributed by atoms with van der Waals surface area (Å²) >= 11 is 5.87. The van der Waals surface area contributed by atoms with Crippen molar-refractivity contribution in [2.45, 2.75) is 12.8 Å². The van der Waals surface area contributed by atoms with Gasteiger partial charge in [0.05, 0.1) is 12.7 Å². The van der Waals surface area contributed by atoms with Crippen molar-refractivity contribution in [3.63, 3.8) is 0 Å². The molecule has 0 bridgehead atoms. The molecule has 0 spiro atoms. The predicted octanol–water partition coefficient (Wildman–Crippen LogP) is 2.08. The van der Waals surface area contributed by atoms with Crippen LogP contribution in [0.25, 0.3) is 0 Å². The lowest BCUT2D eigenvalue weighted by Crippen LogP contribution is -2.23. The average Bonchev–Trinajstić information content (AvgIpc) is 2.32. The van der Waals surface area contributed by atoms with Gasteiger partial charge in [-0.3, -0.25) is 4.79 Å². The lowest BCUT2D eigenvalue weighted by Gasteiger charge is -2.09. The molecule has 1 atom stereocenters. The van der Waals surface area contributed by atoms with E-state index >= 15 is 0 Å². The molecule has 1 unspecified atom stereocenters. The number of ketones is 1. The zero-order valence-corrected chi connectivity index (χ0v) is 9.90. The van der Waals surface area contributed by atoms with Gasteiger partial charge in [-0.2, -0.15) is 5.26 Å². The smallest absolute Gasteiger partial charge is 0.376 e. The molecule has 0 aliphatic heterocycles. The molecule has 5 heteroatoms. The molecule has 0 heterocycles. The Hall–Kier alpha value is -1.86. The van der Waals surface area contributed by atoms with E-state index in [1.54, 1.807) is 31.2 Å². The number of hydrogen-bond acceptors (Lipinski definition) is 4. The Morgan fingerprint density at radius 3 is 2.65 bits per heavy atom. The Balaban J connectivity index is 3.02. The van der Waals surface area contributed by atoms with Gasteiger partial charge in [-0.1, -0.05) is 29.8 Å². The maximum absolute atomic E-state index is 11.7. The van der Waals surface area contributed by atoms with Crippen molar-refractivity contribution in [2.75, 3.05) is 6.61 Å². The van der Waals surface area contributed by atoms with E-state index < -0.39 is 17.7 Å². The van der Waals surface area contributed by atoms with Gasteiger partial charge in [0.2, 0.25) is 0 Å². The quantitative estimate of drug-likeness (QED) is 0.607. The minimum Gasteiger partial charge on any atom is -0.460 e. The molecule has 0 saturated heterocycles. The van der Waals surface area contributed by atoms with Crippen LogP contribution in [0.2, 0.25) is 5.02 Å². The number of rotatable bonds is 4. The van der Waals surface area contributed by atoms with E-state index in [-0.39, 0.29) is 11.6 Å². The summed E-state index contributed by atoms with van der Waals surface area (Å²) < 4.78 is 4.57. The molecule has 0 fully saturated rings. The second kappa shape index (κ2) is 6.02. The molecule has 4 nitrogen and oxygen atoms in total. The van der Waals surface area contributed by atoms with Crippen LogP contribution in [-0.4, -0.2) is 18.4 Å². The fourth-order valence-corrected chi connectivity index (χ4v) is 1.54. The molecule has 0 amide bonds. The predicted molar refractivity (Wildman–Crippen MR) is 61.4 cm³/mol. The van der Waals surface area contributed by atoms with Gasteiger partial charge in [0, 0.05) is 5.02 Å². The summed E-state index contributed by atoms with van der Waals surface area (Å²) in [5.74, 6) is -3.14. The molecular weight excluding hydrogens is 242 g/mol. The molecular formula is C12H10ClNO3. The number of halogens is 1. The first kappa shape index (κ1) is 13.2. The van der Waals surface area contributed by atoms with Crippen LogP contribution >= 0.6 is 11.6 Å². The Morgan fingerprint density at radius 1 is 1.47 bits per heavy atom. The molecule has 0 N–H and O–H groups in total. The first-order valence-electron chi connectivity index (χ1n) is 4.96. The largest absolute Gasteiger partial charge is 0.460 e. The van der Waals surface area contributed by atoms with Gasteiger partial charge in [0.25, 0.3) is 5.78 Å². The highest BCUT2D eigenvalue weighted by Gasteiger charge is 2.29. The van der Waals surface area contributed by atoms with Crippen LogP contribution in [0.1, 0.15) is 18.4 Å². The monoisotopic (exact) mass is 251 g/mol. The standard InChI is InChI=1S/C12H10ClNO3/c1-2-17-12(16)11(15)9(7-14)8-5-3-4-6-10(8)13/h3-6,9H,2H2,1H3. The van der Waals surface area contributed by atoms with Crippen LogP contribution in [0.4, 0.5) is 0 Å². The van der Waals surface area contributed by atoms with E-state index in [1.807, 2.05) is 0 Å². The molecule has 0 aliphatic carbocycles. The van der Waals surface area contributed by atoms with Crippen LogP contribution < -0.4 is 0 Å². The van der Waals surface area contributed by atoms with Crippen LogP contribution in [0, 0.1) is 11.3 Å². The highest BCUT2D eigenvalue weighted by atomic mass is 35.5. The minimum absolute atomic E-state index is 0.0885. The van der Waals surface area contributed by atoms with Gasteiger partial charge in [-0.15, -0.1) is 0 Å². The molecule has 1 aromatic rings. The van der Waals surface area contributed by atoms with Crippen LogP contribution in [0.5, 0.6) is 0 Å². The number of nitrogens with zero attached hydrogens (tertiary/aromatic N) is 1. The number of Topliss-reactive ketones (excluding diaryl/α,β-unsaturated/α-hetero) is 1. The summed E-state index contributed by atoms with van der Waals surface area (Å²) in [5, 5.41) is 9.23. The normalized spacial score (nSPS) is 11.4. The average molecular weight is 252 g/mol. The van der Waals surface area contributed by atoms with Crippen molar-refractivity contribution in [3.8, 4) is 6.07 Å². The Bertz CT molecular complexity index is 479. The maximum Gasteiger partial charge on any atom is 0.376 e. The Labute approximate surface area is 104 Å². The third-order valence-electron chi connectivity index (χ3n) is 2.08. The third-order valence-corrected chi connectivity index (χ3v) is 2.43.